The van der Waals surface area contributed by atoms with Crippen molar-refractivity contribution in [1.82, 2.24) is 20.4 Å². The van der Waals surface area contributed by atoms with Gasteiger partial charge in [0.05, 0.1) is 11.2 Å². The van der Waals surface area contributed by atoms with Crippen LogP contribution in [0.1, 0.15) is 35.3 Å². The second-order valence-electron chi connectivity index (χ2n) is 3.96. The number of rotatable bonds is 5. The molecule has 0 aliphatic rings. The summed E-state index contributed by atoms with van der Waals surface area (Å²) in [5.74, 6) is 1.37. The van der Waals surface area contributed by atoms with E-state index in [1.54, 1.807) is 11.3 Å². The van der Waals surface area contributed by atoms with Gasteiger partial charge in [0.2, 0.25) is 5.89 Å². The molecule has 0 radical (unpaired) electrons. The van der Waals surface area contributed by atoms with Crippen molar-refractivity contribution in [3.8, 4) is 0 Å². The minimum Gasteiger partial charge on any atom is -0.339 e. The fourth-order valence-corrected chi connectivity index (χ4v) is 2.49. The van der Waals surface area contributed by atoms with Gasteiger partial charge in [0.1, 0.15) is 0 Å². The zero-order valence-electron chi connectivity index (χ0n) is 10.2. The highest BCUT2D eigenvalue weighted by atomic mass is 32.1. The maximum atomic E-state index is 5.05. The minimum absolute atomic E-state index is 0.312. The van der Waals surface area contributed by atoms with E-state index in [0.29, 0.717) is 17.8 Å². The maximum absolute atomic E-state index is 5.05. The van der Waals surface area contributed by atoms with Crippen molar-refractivity contribution in [1.29, 1.82) is 0 Å². The standard InChI is InChI=1S/C11H16N4OS/c1-7(11-8(2)13-6-17-11)12-5-4-10-14-9(3)15-16-10/h6-7,12H,4-5H2,1-3H3. The van der Waals surface area contributed by atoms with Gasteiger partial charge < -0.3 is 9.84 Å². The first-order chi connectivity index (χ1) is 8.16. The summed E-state index contributed by atoms with van der Waals surface area (Å²) < 4.78 is 5.05. The van der Waals surface area contributed by atoms with Crippen LogP contribution in [0.4, 0.5) is 0 Å². The normalized spacial score (nSPS) is 12.9. The zero-order chi connectivity index (χ0) is 12.3. The molecule has 1 N–H and O–H groups in total. The number of nitrogens with zero attached hydrogens (tertiary/aromatic N) is 3. The van der Waals surface area contributed by atoms with Crippen molar-refractivity contribution in [3.63, 3.8) is 0 Å². The average Bonchev–Trinajstić information content (AvgIpc) is 2.87. The third-order valence-corrected chi connectivity index (χ3v) is 3.65. The number of hydrogen-bond donors (Lipinski definition) is 1. The SMILES string of the molecule is Cc1noc(CCNC(C)c2scnc2C)n1. The van der Waals surface area contributed by atoms with Crippen LogP contribution in [-0.2, 0) is 6.42 Å². The first-order valence-electron chi connectivity index (χ1n) is 5.59. The highest BCUT2D eigenvalue weighted by molar-refractivity contribution is 7.09. The average molecular weight is 252 g/mol. The third-order valence-electron chi connectivity index (χ3n) is 2.53. The van der Waals surface area contributed by atoms with E-state index in [0.717, 1.165) is 18.7 Å². The lowest BCUT2D eigenvalue weighted by Gasteiger charge is -2.11. The third kappa shape index (κ3) is 3.10. The Morgan fingerprint density at radius 1 is 1.47 bits per heavy atom. The van der Waals surface area contributed by atoms with Crippen molar-refractivity contribution in [3.05, 3.63) is 27.8 Å². The summed E-state index contributed by atoms with van der Waals surface area (Å²) in [4.78, 5) is 9.69. The van der Waals surface area contributed by atoms with Crippen LogP contribution in [-0.4, -0.2) is 21.7 Å². The van der Waals surface area contributed by atoms with Crippen LogP contribution in [0.3, 0.4) is 0 Å². The monoisotopic (exact) mass is 252 g/mol. The van der Waals surface area contributed by atoms with Crippen LogP contribution in [0.15, 0.2) is 10.0 Å². The van der Waals surface area contributed by atoms with Gasteiger partial charge in [0.25, 0.3) is 0 Å². The lowest BCUT2D eigenvalue weighted by molar-refractivity contribution is 0.370. The van der Waals surface area contributed by atoms with Gasteiger partial charge in [-0.3, -0.25) is 0 Å². The lowest BCUT2D eigenvalue weighted by atomic mass is 10.2. The summed E-state index contributed by atoms with van der Waals surface area (Å²) in [6.45, 7) is 6.81. The van der Waals surface area contributed by atoms with E-state index in [1.807, 2.05) is 19.4 Å². The van der Waals surface area contributed by atoms with Crippen LogP contribution in [0.25, 0.3) is 0 Å². The summed E-state index contributed by atoms with van der Waals surface area (Å²) in [6, 6.07) is 0.312. The van der Waals surface area contributed by atoms with Crippen molar-refractivity contribution in [2.24, 2.45) is 0 Å². The molecule has 2 aromatic heterocycles. The second kappa shape index (κ2) is 5.37. The molecule has 0 saturated heterocycles. The second-order valence-corrected chi connectivity index (χ2v) is 4.85. The predicted molar refractivity (Wildman–Crippen MR) is 66.0 cm³/mol. The van der Waals surface area contributed by atoms with Gasteiger partial charge >= 0.3 is 0 Å². The van der Waals surface area contributed by atoms with Crippen molar-refractivity contribution < 1.29 is 4.52 Å². The number of aryl methyl sites for hydroxylation is 2. The van der Waals surface area contributed by atoms with Gasteiger partial charge in [0.15, 0.2) is 5.82 Å². The summed E-state index contributed by atoms with van der Waals surface area (Å²) in [7, 11) is 0. The molecule has 0 saturated carbocycles. The van der Waals surface area contributed by atoms with Gasteiger partial charge in [-0.05, 0) is 20.8 Å². The molecule has 1 unspecified atom stereocenters. The van der Waals surface area contributed by atoms with Crippen LogP contribution in [0.5, 0.6) is 0 Å². The largest absolute Gasteiger partial charge is 0.339 e. The van der Waals surface area contributed by atoms with Gasteiger partial charge in [-0.15, -0.1) is 11.3 Å². The topological polar surface area (TPSA) is 63.8 Å². The molecule has 2 rings (SSSR count). The van der Waals surface area contributed by atoms with Gasteiger partial charge in [-0.1, -0.05) is 5.16 Å². The maximum Gasteiger partial charge on any atom is 0.227 e. The Morgan fingerprint density at radius 3 is 2.88 bits per heavy atom. The molecule has 0 aliphatic carbocycles. The molecule has 0 spiro atoms. The van der Waals surface area contributed by atoms with Gasteiger partial charge in [0, 0.05) is 23.9 Å². The molecule has 92 valence electrons. The van der Waals surface area contributed by atoms with E-state index in [9.17, 15) is 0 Å². The molecule has 5 nitrogen and oxygen atoms in total. The van der Waals surface area contributed by atoms with Crippen LogP contribution >= 0.6 is 11.3 Å². The predicted octanol–water partition coefficient (Wildman–Crippen LogP) is 2.04. The molecular formula is C11H16N4OS. The molecule has 2 aromatic rings. The van der Waals surface area contributed by atoms with Crippen molar-refractivity contribution >= 4 is 11.3 Å². The summed E-state index contributed by atoms with van der Waals surface area (Å²) >= 11 is 1.68. The lowest BCUT2D eigenvalue weighted by Crippen LogP contribution is -2.21. The summed E-state index contributed by atoms with van der Waals surface area (Å²) in [5, 5.41) is 7.18. The molecule has 2 heterocycles. The number of nitrogens with one attached hydrogen (secondary N) is 1. The molecule has 0 fully saturated rings. The van der Waals surface area contributed by atoms with Crippen LogP contribution < -0.4 is 5.32 Å². The number of aromatic nitrogens is 3. The van der Waals surface area contributed by atoms with Crippen molar-refractivity contribution in [2.45, 2.75) is 33.2 Å². The zero-order valence-corrected chi connectivity index (χ0v) is 11.0. The van der Waals surface area contributed by atoms with Crippen molar-refractivity contribution in [2.75, 3.05) is 6.54 Å². The van der Waals surface area contributed by atoms with Crippen LogP contribution in [0, 0.1) is 13.8 Å². The van der Waals surface area contributed by atoms with Gasteiger partial charge in [-0.25, -0.2) is 4.98 Å². The smallest absolute Gasteiger partial charge is 0.227 e. The Kier molecular flexibility index (Phi) is 3.86. The molecule has 1 atom stereocenters. The van der Waals surface area contributed by atoms with E-state index in [2.05, 4.69) is 27.4 Å². The minimum atomic E-state index is 0.312. The summed E-state index contributed by atoms with van der Waals surface area (Å²) in [5.41, 5.74) is 2.98. The first-order valence-corrected chi connectivity index (χ1v) is 6.47. The molecule has 0 aliphatic heterocycles. The number of thiazole rings is 1. The Balaban J connectivity index is 1.81. The molecule has 0 aromatic carbocycles. The first kappa shape index (κ1) is 12.2. The van der Waals surface area contributed by atoms with E-state index in [-0.39, 0.29) is 0 Å². The van der Waals surface area contributed by atoms with E-state index >= 15 is 0 Å². The summed E-state index contributed by atoms with van der Waals surface area (Å²) in [6.07, 6.45) is 0.753. The van der Waals surface area contributed by atoms with E-state index in [1.165, 1.54) is 4.88 Å². The fraction of sp³-hybridized carbons (Fsp3) is 0.545. The molecule has 6 heteroatoms. The highest BCUT2D eigenvalue weighted by Gasteiger charge is 2.10. The highest BCUT2D eigenvalue weighted by Crippen LogP contribution is 2.20. The molecule has 17 heavy (non-hydrogen) atoms. The molecule has 0 amide bonds. The Morgan fingerprint density at radius 2 is 2.29 bits per heavy atom. The van der Waals surface area contributed by atoms with Crippen LogP contribution in [0.2, 0.25) is 0 Å². The Hall–Kier alpha value is -1.27. The number of hydrogen-bond acceptors (Lipinski definition) is 6. The molecular weight excluding hydrogens is 236 g/mol. The quantitative estimate of drug-likeness (QED) is 0.882. The van der Waals surface area contributed by atoms with E-state index < -0.39 is 0 Å². The Bertz CT molecular complexity index is 479. The molecule has 0 bridgehead atoms. The fourth-order valence-electron chi connectivity index (χ4n) is 1.66. The van der Waals surface area contributed by atoms with Gasteiger partial charge in [-0.2, -0.15) is 4.98 Å². The Labute approximate surface area is 104 Å². The van der Waals surface area contributed by atoms with E-state index in [4.69, 9.17) is 4.52 Å².